The van der Waals surface area contributed by atoms with Crippen LogP contribution in [0.15, 0.2) is 68.6 Å². The molecule has 1 saturated carbocycles. The lowest BCUT2D eigenvalue weighted by Crippen LogP contribution is -2.08. The van der Waals surface area contributed by atoms with Crippen LogP contribution in [0.3, 0.4) is 0 Å². The van der Waals surface area contributed by atoms with E-state index in [4.69, 9.17) is 4.99 Å². The summed E-state index contributed by atoms with van der Waals surface area (Å²) in [6, 6.07) is 10.8. The fourth-order valence-corrected chi connectivity index (χ4v) is 5.09. The van der Waals surface area contributed by atoms with E-state index in [0.717, 1.165) is 34.4 Å². The minimum atomic E-state index is 0.363. The molecule has 0 radical (unpaired) electrons. The molecule has 1 aromatic carbocycles. The van der Waals surface area contributed by atoms with Crippen molar-refractivity contribution in [2.75, 3.05) is 5.32 Å². The molecule has 2 aliphatic rings. The average Bonchev–Trinajstić information content (AvgIpc) is 3.28. The summed E-state index contributed by atoms with van der Waals surface area (Å²) in [7, 11) is 0. The van der Waals surface area contributed by atoms with Crippen LogP contribution in [0.2, 0.25) is 0 Å². The van der Waals surface area contributed by atoms with Crippen LogP contribution in [-0.4, -0.2) is 21.8 Å². The number of nitrogens with one attached hydrogen (secondary N) is 1. The van der Waals surface area contributed by atoms with Gasteiger partial charge in [0.25, 0.3) is 0 Å². The van der Waals surface area contributed by atoms with Gasteiger partial charge in [0.05, 0.1) is 21.8 Å². The number of benzene rings is 1. The molecule has 0 bridgehead atoms. The van der Waals surface area contributed by atoms with Crippen LogP contribution in [0.4, 0.5) is 5.69 Å². The highest BCUT2D eigenvalue weighted by molar-refractivity contribution is 7.99. The highest BCUT2D eigenvalue weighted by Gasteiger charge is 2.33. The lowest BCUT2D eigenvalue weighted by atomic mass is 10.0. The number of pyridine rings is 1. The summed E-state index contributed by atoms with van der Waals surface area (Å²) in [5.74, 6) is 1.75. The Morgan fingerprint density at radius 3 is 2.96 bits per heavy atom. The van der Waals surface area contributed by atoms with Gasteiger partial charge < -0.3 is 5.32 Å². The maximum absolute atomic E-state index is 4.87. The zero-order valence-corrected chi connectivity index (χ0v) is 16.7. The van der Waals surface area contributed by atoms with E-state index in [2.05, 4.69) is 52.5 Å². The Kier molecular flexibility index (Phi) is 4.45. The molecular weight excluding hydrogens is 372 g/mol. The molecule has 1 N–H and O–H groups in total. The Bertz CT molecular complexity index is 1050. The summed E-state index contributed by atoms with van der Waals surface area (Å²) in [6.07, 6.45) is 7.84. The molecule has 136 valence electrons. The number of hydrogen-bond donors (Lipinski definition) is 1. The van der Waals surface area contributed by atoms with Crippen molar-refractivity contribution in [3.05, 3.63) is 53.7 Å². The number of amidine groups is 1. The van der Waals surface area contributed by atoms with Gasteiger partial charge in [-0.05, 0) is 67.2 Å². The number of anilines is 1. The third-order valence-corrected chi connectivity index (χ3v) is 6.66. The molecule has 3 heterocycles. The van der Waals surface area contributed by atoms with Gasteiger partial charge in [0.1, 0.15) is 10.9 Å². The van der Waals surface area contributed by atoms with Crippen LogP contribution in [0.1, 0.15) is 26.2 Å². The van der Waals surface area contributed by atoms with E-state index in [-0.39, 0.29) is 0 Å². The van der Waals surface area contributed by atoms with Crippen molar-refractivity contribution in [2.24, 2.45) is 10.9 Å². The first-order valence-electron chi connectivity index (χ1n) is 9.32. The van der Waals surface area contributed by atoms with E-state index >= 15 is 0 Å². The van der Waals surface area contributed by atoms with Crippen LogP contribution >= 0.6 is 23.1 Å². The summed E-state index contributed by atoms with van der Waals surface area (Å²) >= 11 is 3.34. The zero-order valence-electron chi connectivity index (χ0n) is 15.1. The Morgan fingerprint density at radius 2 is 2.11 bits per heavy atom. The van der Waals surface area contributed by atoms with E-state index < -0.39 is 0 Å². The standard InChI is InChI=1S/C21H20N4S2/c1-2-17-16(13-3-4-13)11-20(25-17)24-14-7-8-22-21(9-14)27-15-5-6-18-19(10-15)26-12-23-18/h5-13,17H,2-4H2,1H3,(H,22,24,25). The van der Waals surface area contributed by atoms with Crippen molar-refractivity contribution in [2.45, 2.75) is 42.1 Å². The van der Waals surface area contributed by atoms with Gasteiger partial charge >= 0.3 is 0 Å². The van der Waals surface area contributed by atoms with Gasteiger partial charge in [0, 0.05) is 16.8 Å². The fraction of sp³-hybridized carbons (Fsp3) is 0.286. The summed E-state index contributed by atoms with van der Waals surface area (Å²) < 4.78 is 1.21. The van der Waals surface area contributed by atoms with Gasteiger partial charge in [-0.1, -0.05) is 18.7 Å². The van der Waals surface area contributed by atoms with E-state index in [1.54, 1.807) is 23.1 Å². The zero-order chi connectivity index (χ0) is 18.2. The molecule has 0 spiro atoms. The normalized spacial score (nSPS) is 19.2. The van der Waals surface area contributed by atoms with Crippen LogP contribution in [0.25, 0.3) is 10.2 Å². The monoisotopic (exact) mass is 392 g/mol. The molecule has 0 amide bonds. The van der Waals surface area contributed by atoms with Crippen molar-refractivity contribution in [1.29, 1.82) is 0 Å². The quantitative estimate of drug-likeness (QED) is 0.598. The predicted molar refractivity (Wildman–Crippen MR) is 114 cm³/mol. The van der Waals surface area contributed by atoms with Crippen LogP contribution in [0.5, 0.6) is 0 Å². The number of rotatable bonds is 5. The Balaban J connectivity index is 1.33. The minimum Gasteiger partial charge on any atom is -0.340 e. The van der Waals surface area contributed by atoms with Gasteiger partial charge in [-0.3, -0.25) is 4.99 Å². The highest BCUT2D eigenvalue weighted by atomic mass is 32.2. The van der Waals surface area contributed by atoms with Crippen molar-refractivity contribution >= 4 is 44.8 Å². The number of hydrogen-bond acceptors (Lipinski definition) is 6. The SMILES string of the molecule is CCC1N=C(Nc2ccnc(Sc3ccc4ncsc4c3)c2)C=C1C1CC1. The number of fused-ring (bicyclic) bond motifs is 1. The van der Waals surface area contributed by atoms with Crippen LogP contribution in [0, 0.1) is 5.92 Å². The minimum absolute atomic E-state index is 0.363. The first kappa shape index (κ1) is 17.0. The molecule has 27 heavy (non-hydrogen) atoms. The highest BCUT2D eigenvalue weighted by Crippen LogP contribution is 2.41. The summed E-state index contributed by atoms with van der Waals surface area (Å²) in [6.45, 7) is 2.22. The lowest BCUT2D eigenvalue weighted by molar-refractivity contribution is 0.709. The molecule has 3 aromatic rings. The Morgan fingerprint density at radius 1 is 1.19 bits per heavy atom. The molecule has 0 saturated heterocycles. The first-order chi connectivity index (χ1) is 13.3. The molecule has 1 atom stereocenters. The molecule has 1 fully saturated rings. The van der Waals surface area contributed by atoms with Gasteiger partial charge in [0.2, 0.25) is 0 Å². The second-order valence-electron chi connectivity index (χ2n) is 6.95. The van der Waals surface area contributed by atoms with E-state index in [0.29, 0.717) is 6.04 Å². The second kappa shape index (κ2) is 7.09. The van der Waals surface area contributed by atoms with Crippen molar-refractivity contribution in [3.63, 3.8) is 0 Å². The van der Waals surface area contributed by atoms with Gasteiger partial charge in [0.15, 0.2) is 0 Å². The van der Waals surface area contributed by atoms with Crippen LogP contribution < -0.4 is 5.32 Å². The van der Waals surface area contributed by atoms with Crippen molar-refractivity contribution in [1.82, 2.24) is 9.97 Å². The number of thiazole rings is 1. The second-order valence-corrected chi connectivity index (χ2v) is 8.93. The first-order valence-corrected chi connectivity index (χ1v) is 11.0. The van der Waals surface area contributed by atoms with Gasteiger partial charge in [-0.15, -0.1) is 11.3 Å². The molecule has 1 aliphatic heterocycles. The van der Waals surface area contributed by atoms with Gasteiger partial charge in [-0.2, -0.15) is 0 Å². The molecule has 6 heteroatoms. The predicted octanol–water partition coefficient (Wildman–Crippen LogP) is 5.78. The van der Waals surface area contributed by atoms with Crippen LogP contribution in [-0.2, 0) is 0 Å². The van der Waals surface area contributed by atoms with E-state index in [1.807, 2.05) is 17.8 Å². The third kappa shape index (κ3) is 3.64. The van der Waals surface area contributed by atoms with Gasteiger partial charge in [-0.25, -0.2) is 9.97 Å². The van der Waals surface area contributed by atoms with E-state index in [1.165, 1.54) is 28.0 Å². The Labute approximate surface area is 166 Å². The number of aromatic nitrogens is 2. The molecule has 4 nitrogen and oxygen atoms in total. The average molecular weight is 393 g/mol. The number of nitrogens with zero attached hydrogens (tertiary/aromatic N) is 3. The topological polar surface area (TPSA) is 50.2 Å². The maximum Gasteiger partial charge on any atom is 0.125 e. The molecule has 1 unspecified atom stereocenters. The summed E-state index contributed by atoms with van der Waals surface area (Å²) in [4.78, 5) is 14.9. The Hall–Kier alpha value is -2.18. The molecule has 5 rings (SSSR count). The molecule has 1 aliphatic carbocycles. The van der Waals surface area contributed by atoms with Crippen molar-refractivity contribution in [3.8, 4) is 0 Å². The van der Waals surface area contributed by atoms with E-state index in [9.17, 15) is 0 Å². The molecular formula is C21H20N4S2. The maximum atomic E-state index is 4.87. The molecule has 2 aromatic heterocycles. The largest absolute Gasteiger partial charge is 0.340 e. The summed E-state index contributed by atoms with van der Waals surface area (Å²) in [5.41, 5.74) is 5.49. The fourth-order valence-electron chi connectivity index (χ4n) is 3.45. The number of aliphatic imine (C=N–C) groups is 1. The summed E-state index contributed by atoms with van der Waals surface area (Å²) in [5, 5.41) is 4.45. The van der Waals surface area contributed by atoms with Crippen molar-refractivity contribution < 1.29 is 0 Å². The smallest absolute Gasteiger partial charge is 0.125 e. The third-order valence-electron chi connectivity index (χ3n) is 4.95. The lowest BCUT2D eigenvalue weighted by Gasteiger charge is -2.08.